The highest BCUT2D eigenvalue weighted by atomic mass is 16.5. The molecule has 3 rings (SSSR count). The smallest absolute Gasteiger partial charge is 0.220 e. The maximum Gasteiger partial charge on any atom is 0.220 e. The van der Waals surface area contributed by atoms with Gasteiger partial charge in [-0.3, -0.25) is 0 Å². The number of methoxy groups -OCH3 is 2. The number of hydrogen-bond donors (Lipinski definition) is 3. The zero-order chi connectivity index (χ0) is 23.6. The molecule has 0 radical (unpaired) electrons. The van der Waals surface area contributed by atoms with E-state index in [1.165, 1.54) is 25.7 Å². The average molecular weight is 453 g/mol. The van der Waals surface area contributed by atoms with Crippen molar-refractivity contribution < 1.29 is 9.47 Å². The summed E-state index contributed by atoms with van der Waals surface area (Å²) in [5, 5.41) is 0. The van der Waals surface area contributed by atoms with Crippen LogP contribution in [0.3, 0.4) is 0 Å². The number of fused-ring (bicyclic) bond motifs is 1. The number of nitrogens with two attached hydrogens (primary N) is 3. The predicted molar refractivity (Wildman–Crippen MR) is 133 cm³/mol. The van der Waals surface area contributed by atoms with Crippen molar-refractivity contribution in [1.82, 2.24) is 15.0 Å². The molecule has 2 aromatic heterocycles. The summed E-state index contributed by atoms with van der Waals surface area (Å²) in [7, 11) is 3.23. The first-order chi connectivity index (χ1) is 16.1. The Morgan fingerprint density at radius 3 is 2.21 bits per heavy atom. The summed E-state index contributed by atoms with van der Waals surface area (Å²) in [6, 6.07) is 9.28. The maximum absolute atomic E-state index is 6.55. The number of aromatic nitrogens is 3. The molecule has 0 aliphatic rings. The van der Waals surface area contributed by atoms with Crippen LogP contribution in [0.5, 0.6) is 11.5 Å². The molecule has 0 spiro atoms. The molecule has 1 aromatic carbocycles. The Balaban J connectivity index is 1.75. The zero-order valence-electron chi connectivity index (χ0n) is 19.7. The number of rotatable bonds is 13. The highest BCUT2D eigenvalue weighted by Crippen LogP contribution is 2.33. The van der Waals surface area contributed by atoms with Crippen LogP contribution in [0.1, 0.15) is 63.1 Å². The summed E-state index contributed by atoms with van der Waals surface area (Å²) in [6.45, 7) is 0.784. The summed E-state index contributed by atoms with van der Waals surface area (Å²) in [5.41, 5.74) is 21.8. The molecule has 1 atom stereocenters. The van der Waals surface area contributed by atoms with E-state index in [1.54, 1.807) is 14.2 Å². The molecule has 6 N–H and O–H groups in total. The van der Waals surface area contributed by atoms with Gasteiger partial charge in [0.25, 0.3) is 0 Å². The van der Waals surface area contributed by atoms with E-state index in [1.807, 2.05) is 30.3 Å². The Morgan fingerprint density at radius 2 is 1.52 bits per heavy atom. The fourth-order valence-electron chi connectivity index (χ4n) is 4.00. The van der Waals surface area contributed by atoms with Crippen LogP contribution in [0.2, 0.25) is 0 Å². The lowest BCUT2D eigenvalue weighted by atomic mass is 10.0. The molecular formula is C25H36N6O2. The summed E-state index contributed by atoms with van der Waals surface area (Å²) in [6.07, 6.45) is 9.07. The lowest BCUT2D eigenvalue weighted by molar-refractivity contribution is 0.355. The first-order valence-corrected chi connectivity index (χ1v) is 11.7. The molecule has 0 bridgehead atoms. The highest BCUT2D eigenvalue weighted by Gasteiger charge is 2.17. The number of pyridine rings is 1. The molecule has 2 heterocycles. The van der Waals surface area contributed by atoms with Crippen LogP contribution < -0.4 is 26.7 Å². The number of nitrogens with zero attached hydrogens (tertiary/aromatic N) is 3. The van der Waals surface area contributed by atoms with Crippen LogP contribution in [-0.4, -0.2) is 35.7 Å². The predicted octanol–water partition coefficient (Wildman–Crippen LogP) is 4.37. The third-order valence-corrected chi connectivity index (χ3v) is 5.84. The third kappa shape index (κ3) is 6.52. The van der Waals surface area contributed by atoms with Gasteiger partial charge < -0.3 is 26.7 Å². The van der Waals surface area contributed by atoms with E-state index in [-0.39, 0.29) is 12.0 Å². The van der Waals surface area contributed by atoms with E-state index in [4.69, 9.17) is 31.7 Å². The SMILES string of the molecule is COc1ccc(-c2ccc3nc(N)nc(C(N)CCCCCCCCCN)c3n2)cc1OC. The van der Waals surface area contributed by atoms with Crippen LogP contribution >= 0.6 is 0 Å². The standard InChI is InChI=1S/C25H36N6O2/c1-32-21-14-11-17(16-22(21)33-2)19-12-13-20-24(29-19)23(31-25(28)30-20)18(27)10-8-6-4-3-5-7-9-15-26/h11-14,16,18H,3-10,15,26-27H2,1-2H3,(H2,28,30,31). The van der Waals surface area contributed by atoms with Gasteiger partial charge in [-0.2, -0.15) is 0 Å². The minimum absolute atomic E-state index is 0.216. The largest absolute Gasteiger partial charge is 0.493 e. The van der Waals surface area contributed by atoms with E-state index in [0.717, 1.165) is 43.5 Å². The molecule has 0 saturated carbocycles. The van der Waals surface area contributed by atoms with Gasteiger partial charge >= 0.3 is 0 Å². The van der Waals surface area contributed by atoms with Gasteiger partial charge in [0.05, 0.1) is 31.1 Å². The minimum atomic E-state index is -0.247. The van der Waals surface area contributed by atoms with Crippen molar-refractivity contribution in [2.75, 3.05) is 26.5 Å². The quantitative estimate of drug-likeness (QED) is 0.325. The zero-order valence-corrected chi connectivity index (χ0v) is 19.7. The van der Waals surface area contributed by atoms with E-state index in [0.29, 0.717) is 28.2 Å². The minimum Gasteiger partial charge on any atom is -0.493 e. The molecule has 0 aliphatic carbocycles. The molecule has 1 unspecified atom stereocenters. The molecule has 8 heteroatoms. The summed E-state index contributed by atoms with van der Waals surface area (Å²) in [4.78, 5) is 13.7. The van der Waals surface area contributed by atoms with Crippen molar-refractivity contribution in [3.8, 4) is 22.8 Å². The van der Waals surface area contributed by atoms with Gasteiger partial charge in [-0.05, 0) is 49.7 Å². The monoisotopic (exact) mass is 452 g/mol. The van der Waals surface area contributed by atoms with Crippen molar-refractivity contribution in [3.63, 3.8) is 0 Å². The van der Waals surface area contributed by atoms with Gasteiger partial charge in [0.1, 0.15) is 5.52 Å². The third-order valence-electron chi connectivity index (χ3n) is 5.84. The van der Waals surface area contributed by atoms with Crippen LogP contribution in [0.25, 0.3) is 22.3 Å². The Bertz CT molecular complexity index is 1040. The second kappa shape index (κ2) is 12.3. The van der Waals surface area contributed by atoms with Gasteiger partial charge in [0, 0.05) is 11.6 Å². The first-order valence-electron chi connectivity index (χ1n) is 11.7. The number of benzene rings is 1. The van der Waals surface area contributed by atoms with Crippen LogP contribution in [0, 0.1) is 0 Å². The van der Waals surface area contributed by atoms with E-state index in [2.05, 4.69) is 9.97 Å². The molecular weight excluding hydrogens is 416 g/mol. The van der Waals surface area contributed by atoms with Crippen molar-refractivity contribution in [3.05, 3.63) is 36.0 Å². The highest BCUT2D eigenvalue weighted by molar-refractivity contribution is 5.81. The number of hydrogen-bond acceptors (Lipinski definition) is 8. The number of ether oxygens (including phenoxy) is 2. The van der Waals surface area contributed by atoms with Gasteiger partial charge in [0.2, 0.25) is 5.95 Å². The molecule has 0 saturated heterocycles. The van der Waals surface area contributed by atoms with Crippen LogP contribution in [-0.2, 0) is 0 Å². The molecule has 178 valence electrons. The number of anilines is 1. The van der Waals surface area contributed by atoms with Gasteiger partial charge in [-0.1, -0.05) is 38.5 Å². The van der Waals surface area contributed by atoms with Gasteiger partial charge in [-0.25, -0.2) is 15.0 Å². The van der Waals surface area contributed by atoms with Crippen molar-refractivity contribution >= 4 is 17.0 Å². The normalized spacial score (nSPS) is 12.1. The van der Waals surface area contributed by atoms with E-state index >= 15 is 0 Å². The van der Waals surface area contributed by atoms with Crippen molar-refractivity contribution in [2.24, 2.45) is 11.5 Å². The van der Waals surface area contributed by atoms with Crippen LogP contribution in [0.4, 0.5) is 5.95 Å². The van der Waals surface area contributed by atoms with Gasteiger partial charge in [-0.15, -0.1) is 0 Å². The lowest BCUT2D eigenvalue weighted by Crippen LogP contribution is -2.15. The topological polar surface area (TPSA) is 135 Å². The molecule has 0 fully saturated rings. The second-order valence-corrected chi connectivity index (χ2v) is 8.26. The fraction of sp³-hybridized carbons (Fsp3) is 0.480. The molecule has 0 amide bonds. The summed E-state index contributed by atoms with van der Waals surface area (Å²) < 4.78 is 10.8. The summed E-state index contributed by atoms with van der Waals surface area (Å²) in [5.74, 6) is 1.53. The van der Waals surface area contributed by atoms with E-state index < -0.39 is 0 Å². The van der Waals surface area contributed by atoms with Gasteiger partial charge in [0.15, 0.2) is 11.5 Å². The van der Waals surface area contributed by atoms with Crippen molar-refractivity contribution in [1.29, 1.82) is 0 Å². The second-order valence-electron chi connectivity index (χ2n) is 8.26. The summed E-state index contributed by atoms with van der Waals surface area (Å²) >= 11 is 0. The molecule has 8 nitrogen and oxygen atoms in total. The Labute approximate surface area is 195 Å². The first kappa shape index (κ1) is 24.7. The molecule has 0 aliphatic heterocycles. The Morgan fingerprint density at radius 1 is 0.818 bits per heavy atom. The average Bonchev–Trinajstić information content (AvgIpc) is 2.84. The lowest BCUT2D eigenvalue weighted by Gasteiger charge is -2.15. The number of unbranched alkanes of at least 4 members (excludes halogenated alkanes) is 6. The maximum atomic E-state index is 6.55. The Kier molecular flexibility index (Phi) is 9.21. The van der Waals surface area contributed by atoms with Crippen molar-refractivity contribution in [2.45, 2.75) is 57.4 Å². The Hall–Kier alpha value is -2.97. The van der Waals surface area contributed by atoms with E-state index in [9.17, 15) is 0 Å². The molecule has 33 heavy (non-hydrogen) atoms. The fourth-order valence-corrected chi connectivity index (χ4v) is 4.00. The number of nitrogen functional groups attached to an aromatic ring is 1. The van der Waals surface area contributed by atoms with Crippen LogP contribution in [0.15, 0.2) is 30.3 Å². The molecule has 3 aromatic rings.